The number of carboxylic acids is 1. The van der Waals surface area contributed by atoms with Crippen LogP contribution in [-0.4, -0.2) is 131 Å². The number of carboxylic acid groups (broad SMARTS) is 1. The standard InChI is InChI=1S/C65H123N2O16P.C6H15N/c1-5-9-13-17-21-25-27-31-35-39-43-47-58(70)80-53(45-41-37-33-29-23-19-15-11-7-3)49-57(69)67-61-62(73)63(83-84(76,77)78)56(51-68)82-64(61)66-55(65(74)75)52-79-60(72)50-54(46-42-38-34-30-24-20-16-12-8-4)81-59(71)48-44-40-36-32-28-26-22-18-14-10-6-2;1-4-7(5-2)6-3/h53-56,61-64,66,68,73H,5-52H2,1-4H3,(H,67,69)(H,74,75)(H2,76,77,78);4-6H2,1-3H3/t53-,54-,55+,56-,61-,62-,63-,64-;/m1./s1. The van der Waals surface area contributed by atoms with Crippen molar-refractivity contribution >= 4 is 37.6 Å². The quantitative estimate of drug-likeness (QED) is 0.0129. The van der Waals surface area contributed by atoms with Crippen LogP contribution in [0.4, 0.5) is 0 Å². The summed E-state index contributed by atoms with van der Waals surface area (Å²) in [6.45, 7) is 17.5. The van der Waals surface area contributed by atoms with E-state index < -0.39 is 99.7 Å². The van der Waals surface area contributed by atoms with Gasteiger partial charge in [-0.15, -0.1) is 0 Å². The van der Waals surface area contributed by atoms with Gasteiger partial charge in [0.1, 0.15) is 43.4 Å². The molecule has 1 heterocycles. The molecule has 0 aromatic carbocycles. The Hall–Kier alpha value is -2.74. The number of hydrogen-bond donors (Lipinski definition) is 7. The van der Waals surface area contributed by atoms with E-state index in [0.717, 1.165) is 96.3 Å². The number of unbranched alkanes of at least 4 members (excludes halogenated alkanes) is 36. The highest BCUT2D eigenvalue weighted by molar-refractivity contribution is 7.46. The second kappa shape index (κ2) is 60.9. The van der Waals surface area contributed by atoms with Gasteiger partial charge >= 0.3 is 25.7 Å². The summed E-state index contributed by atoms with van der Waals surface area (Å²) in [4.78, 5) is 87.8. The molecule has 0 radical (unpaired) electrons. The molecule has 1 amide bonds. The molecule has 0 aromatic heterocycles. The van der Waals surface area contributed by atoms with Crippen molar-refractivity contribution in [3.05, 3.63) is 0 Å². The van der Waals surface area contributed by atoms with E-state index in [0.29, 0.717) is 38.5 Å². The number of esters is 3. The van der Waals surface area contributed by atoms with Crippen LogP contribution >= 0.6 is 7.82 Å². The predicted octanol–water partition coefficient (Wildman–Crippen LogP) is 13.1. The van der Waals surface area contributed by atoms with Crippen molar-refractivity contribution < 1.29 is 82.0 Å². The number of amides is 1. The van der Waals surface area contributed by atoms with Crippen LogP contribution in [0.25, 0.3) is 0 Å². The third kappa shape index (κ3) is 51.2. The van der Waals surface area contributed by atoms with Crippen LogP contribution in [0.1, 0.15) is 344 Å². The van der Waals surface area contributed by atoms with Gasteiger partial charge in [0.25, 0.3) is 0 Å². The molecule has 1 rings (SSSR count). The highest BCUT2D eigenvalue weighted by Crippen LogP contribution is 2.41. The zero-order valence-corrected chi connectivity index (χ0v) is 59.7. The minimum Gasteiger partial charge on any atom is -0.548 e. The zero-order valence-electron chi connectivity index (χ0n) is 58.8. The SMILES string of the molecule is CCCCCCCCCCCCCC(=O)O[C@H](CCCCCCCCCCC)CC(=O)N[C@@H]1[C@@H](O)[C@H](OP(=O)(O)O)[C@@H](CO)O[C@H]1N[C@@H](COC(=O)C[C@@H](CCCCCCCCCCC)OC(=O)CCCCCCCCCCCCC)C(=O)[O-].CC[NH+](CC)CC. The maximum Gasteiger partial charge on any atom is 0.470 e. The first-order chi connectivity index (χ1) is 43.9. The number of aliphatic hydroxyl groups excluding tert-OH is 2. The van der Waals surface area contributed by atoms with Gasteiger partial charge in [-0.05, 0) is 59.3 Å². The van der Waals surface area contributed by atoms with Crippen LogP contribution in [0.2, 0.25) is 0 Å². The number of rotatable bonds is 62. The van der Waals surface area contributed by atoms with Crippen molar-refractivity contribution in [1.82, 2.24) is 10.6 Å². The Morgan fingerprint density at radius 1 is 0.505 bits per heavy atom. The van der Waals surface area contributed by atoms with Crippen molar-refractivity contribution in [3.63, 3.8) is 0 Å². The topological polar surface area (TPSA) is 281 Å². The van der Waals surface area contributed by atoms with Crippen LogP contribution in [-0.2, 0) is 52.0 Å². The number of carbonyl (C=O) groups is 5. The largest absolute Gasteiger partial charge is 0.548 e. The number of nitrogens with one attached hydrogen (secondary N) is 3. The summed E-state index contributed by atoms with van der Waals surface area (Å²) in [6, 6.07) is -3.53. The van der Waals surface area contributed by atoms with Crippen LogP contribution < -0.4 is 20.6 Å². The fourth-order valence-electron chi connectivity index (χ4n) is 11.8. The number of phosphoric acid groups is 1. The first kappa shape index (κ1) is 88.3. The van der Waals surface area contributed by atoms with E-state index in [2.05, 4.69) is 59.1 Å². The van der Waals surface area contributed by atoms with Crippen LogP contribution in [0, 0.1) is 0 Å². The number of carbonyl (C=O) groups excluding carboxylic acids is 5. The number of hydrogen-bond acceptors (Lipinski definition) is 15. The summed E-state index contributed by atoms with van der Waals surface area (Å²) >= 11 is 0. The number of aliphatic hydroxyl groups is 2. The third-order valence-corrected chi connectivity index (χ3v) is 18.2. The summed E-state index contributed by atoms with van der Waals surface area (Å²) < 4.78 is 40.1. The molecule has 0 aromatic rings. The van der Waals surface area contributed by atoms with Crippen molar-refractivity contribution in [2.24, 2.45) is 0 Å². The molecule has 0 spiro atoms. The van der Waals surface area contributed by atoms with Gasteiger partial charge in [-0.1, -0.05) is 259 Å². The molecule has 91 heavy (non-hydrogen) atoms. The van der Waals surface area contributed by atoms with Crippen molar-refractivity contribution in [1.29, 1.82) is 0 Å². The molecule has 1 fully saturated rings. The molecule has 20 heteroatoms. The minimum absolute atomic E-state index is 0.178. The number of phosphoric ester groups is 1. The maximum absolute atomic E-state index is 14.0. The normalized spacial score (nSPS) is 17.6. The molecule has 1 aliphatic heterocycles. The Bertz CT molecular complexity index is 1790. The molecule has 0 bridgehead atoms. The lowest BCUT2D eigenvalue weighted by atomic mass is 9.95. The van der Waals surface area contributed by atoms with Gasteiger partial charge in [-0.3, -0.25) is 29.0 Å². The van der Waals surface area contributed by atoms with Gasteiger partial charge in [0.2, 0.25) is 5.91 Å². The Morgan fingerprint density at radius 3 is 1.16 bits per heavy atom. The molecule has 0 aliphatic carbocycles. The third-order valence-electron chi connectivity index (χ3n) is 17.7. The molecule has 0 saturated carbocycles. The number of ether oxygens (including phenoxy) is 4. The van der Waals surface area contributed by atoms with Crippen molar-refractivity contribution in [3.8, 4) is 0 Å². The van der Waals surface area contributed by atoms with E-state index in [9.17, 15) is 53.6 Å². The number of aliphatic carboxylic acids is 1. The first-order valence-corrected chi connectivity index (χ1v) is 38.8. The van der Waals surface area contributed by atoms with Gasteiger partial charge in [0.15, 0.2) is 0 Å². The van der Waals surface area contributed by atoms with Gasteiger partial charge in [-0.25, -0.2) is 4.57 Å². The number of quaternary nitrogens is 1. The van der Waals surface area contributed by atoms with E-state index in [1.54, 1.807) is 4.90 Å². The summed E-state index contributed by atoms with van der Waals surface area (Å²) in [7, 11) is -5.35. The average Bonchev–Trinajstić information content (AvgIpc) is 0.863. The lowest BCUT2D eigenvalue weighted by molar-refractivity contribution is -0.894. The average molecular weight is 1320 g/mol. The van der Waals surface area contributed by atoms with Gasteiger partial charge in [0.05, 0.1) is 57.1 Å². The summed E-state index contributed by atoms with van der Waals surface area (Å²) in [5.74, 6) is -4.24. The molecule has 8 atom stereocenters. The second-order valence-corrected chi connectivity index (χ2v) is 27.1. The molecule has 1 saturated heterocycles. The van der Waals surface area contributed by atoms with Crippen molar-refractivity contribution in [2.45, 2.75) is 393 Å². The molecule has 1 aliphatic rings. The predicted molar refractivity (Wildman–Crippen MR) is 361 cm³/mol. The summed E-state index contributed by atoms with van der Waals surface area (Å²) in [5.41, 5.74) is 0. The van der Waals surface area contributed by atoms with E-state index in [1.165, 1.54) is 154 Å². The van der Waals surface area contributed by atoms with E-state index >= 15 is 0 Å². The maximum atomic E-state index is 14.0. The smallest absolute Gasteiger partial charge is 0.470 e. The molecule has 19 nitrogen and oxygen atoms in total. The summed E-state index contributed by atoms with van der Waals surface area (Å²) in [5, 5.41) is 39.9. The van der Waals surface area contributed by atoms with Gasteiger partial charge in [0, 0.05) is 12.8 Å². The Morgan fingerprint density at radius 2 is 0.846 bits per heavy atom. The minimum atomic E-state index is -5.35. The van der Waals surface area contributed by atoms with Crippen LogP contribution in [0.5, 0.6) is 0 Å². The zero-order chi connectivity index (χ0) is 67.6. The van der Waals surface area contributed by atoms with E-state index in [4.69, 9.17) is 23.5 Å². The highest BCUT2D eigenvalue weighted by Gasteiger charge is 2.49. The van der Waals surface area contributed by atoms with E-state index in [-0.39, 0.29) is 25.7 Å². The molecular formula is C71H138N3O16P. The fraction of sp³-hybridized carbons (Fsp3) is 0.930. The lowest BCUT2D eigenvalue weighted by Gasteiger charge is -2.45. The first-order valence-electron chi connectivity index (χ1n) is 37.3. The Balaban J connectivity index is 0.0000109. The second-order valence-electron chi connectivity index (χ2n) is 25.9. The lowest BCUT2D eigenvalue weighted by Crippen LogP contribution is -3.11. The highest BCUT2D eigenvalue weighted by atomic mass is 31.2. The molecular weight excluding hydrogens is 1180 g/mol. The molecule has 0 unspecified atom stereocenters. The van der Waals surface area contributed by atoms with Crippen LogP contribution in [0.15, 0.2) is 0 Å². The summed E-state index contributed by atoms with van der Waals surface area (Å²) in [6.07, 6.45) is 35.3. The van der Waals surface area contributed by atoms with Gasteiger partial charge in [-0.2, -0.15) is 0 Å². The van der Waals surface area contributed by atoms with Gasteiger partial charge < -0.3 is 59.1 Å². The Labute approximate surface area is 553 Å². The monoisotopic (exact) mass is 1320 g/mol. The fourth-order valence-corrected chi connectivity index (χ4v) is 12.4. The Kier molecular flexibility index (Phi) is 59.1. The molecule has 538 valence electrons. The van der Waals surface area contributed by atoms with Crippen molar-refractivity contribution in [2.75, 3.05) is 32.8 Å². The van der Waals surface area contributed by atoms with Crippen LogP contribution in [0.3, 0.4) is 0 Å². The van der Waals surface area contributed by atoms with E-state index in [1.807, 2.05) is 0 Å². The molecule has 7 N–H and O–H groups in total.